The van der Waals surface area contributed by atoms with E-state index in [1.165, 1.54) is 11.8 Å². The first-order valence-corrected chi connectivity index (χ1v) is 12.9. The molecule has 0 aliphatic carbocycles. The van der Waals surface area contributed by atoms with Gasteiger partial charge in [-0.15, -0.1) is 0 Å². The van der Waals surface area contributed by atoms with Crippen LogP contribution in [0.4, 0.5) is 0 Å². The summed E-state index contributed by atoms with van der Waals surface area (Å²) in [5, 5.41) is 17.7. The predicted molar refractivity (Wildman–Crippen MR) is 141 cm³/mol. The first-order chi connectivity index (χ1) is 18.5. The number of amides is 4. The van der Waals surface area contributed by atoms with Gasteiger partial charge in [-0.25, -0.2) is 0 Å². The summed E-state index contributed by atoms with van der Waals surface area (Å²) in [4.78, 5) is 78.4. The maximum atomic E-state index is 13.6. The summed E-state index contributed by atoms with van der Waals surface area (Å²) < 4.78 is 0. The zero-order valence-corrected chi connectivity index (χ0v) is 22.2. The first kappa shape index (κ1) is 29.3. The van der Waals surface area contributed by atoms with Gasteiger partial charge in [-0.3, -0.25) is 24.0 Å². The highest BCUT2D eigenvalue weighted by molar-refractivity contribution is 5.95. The van der Waals surface area contributed by atoms with Gasteiger partial charge in [0.2, 0.25) is 23.6 Å². The number of carboxylic acid groups (broad SMARTS) is 1. The van der Waals surface area contributed by atoms with Crippen molar-refractivity contribution in [1.82, 2.24) is 25.8 Å². The number of rotatable bonds is 12. The summed E-state index contributed by atoms with van der Waals surface area (Å²) >= 11 is 0. The average Bonchev–Trinajstić information content (AvgIpc) is 3.53. The van der Waals surface area contributed by atoms with E-state index in [1.807, 2.05) is 24.3 Å². The highest BCUT2D eigenvalue weighted by Crippen LogP contribution is 2.22. The monoisotopic (exact) mass is 541 g/mol. The van der Waals surface area contributed by atoms with E-state index in [2.05, 4.69) is 20.9 Å². The number of carboxylic acids is 1. The number of aromatic nitrogens is 1. The second-order valence-corrected chi connectivity index (χ2v) is 10.1. The Kier molecular flexibility index (Phi) is 9.80. The lowest BCUT2D eigenvalue weighted by Gasteiger charge is -2.31. The van der Waals surface area contributed by atoms with E-state index >= 15 is 0 Å². The summed E-state index contributed by atoms with van der Waals surface area (Å²) in [6.45, 7) is 5.10. The normalized spacial score (nSPS) is 17.3. The SMILES string of the molecule is CC(=O)NC(Cc1c[nH]c2ccccc12)C(=O)NC(C(=O)N1CCCC1C(=O)NC(C=O)CC(=O)O)C(C)C. The van der Waals surface area contributed by atoms with Gasteiger partial charge in [0.15, 0.2) is 0 Å². The van der Waals surface area contributed by atoms with Gasteiger partial charge in [0.1, 0.15) is 24.4 Å². The van der Waals surface area contributed by atoms with Crippen molar-refractivity contribution in [2.24, 2.45) is 5.92 Å². The molecule has 2 aromatic rings. The molecule has 3 rings (SSSR count). The van der Waals surface area contributed by atoms with Gasteiger partial charge in [0.05, 0.1) is 12.5 Å². The molecular formula is C27H35N5O7. The number of fused-ring (bicyclic) bond motifs is 1. The van der Waals surface area contributed by atoms with E-state index in [1.54, 1.807) is 20.0 Å². The summed E-state index contributed by atoms with van der Waals surface area (Å²) in [5.41, 5.74) is 1.72. The molecule has 1 aromatic heterocycles. The number of carbonyl (C=O) groups excluding carboxylic acids is 5. The van der Waals surface area contributed by atoms with Crippen LogP contribution in [0.3, 0.4) is 0 Å². The van der Waals surface area contributed by atoms with E-state index in [4.69, 9.17) is 5.11 Å². The van der Waals surface area contributed by atoms with Crippen molar-refractivity contribution < 1.29 is 33.9 Å². The highest BCUT2D eigenvalue weighted by atomic mass is 16.4. The van der Waals surface area contributed by atoms with Crippen molar-refractivity contribution in [3.8, 4) is 0 Å². The Labute approximate surface area is 225 Å². The molecule has 12 heteroatoms. The van der Waals surface area contributed by atoms with Crippen LogP contribution < -0.4 is 16.0 Å². The fourth-order valence-corrected chi connectivity index (χ4v) is 4.82. The third kappa shape index (κ3) is 7.43. The lowest BCUT2D eigenvalue weighted by atomic mass is 9.99. The number of nitrogens with one attached hydrogen (secondary N) is 4. The molecule has 1 aliphatic rings. The number of nitrogens with zero attached hydrogens (tertiary/aromatic N) is 1. The van der Waals surface area contributed by atoms with Gasteiger partial charge in [-0.05, 0) is 30.4 Å². The van der Waals surface area contributed by atoms with Crippen LogP contribution in [0.5, 0.6) is 0 Å². The Morgan fingerprint density at radius 2 is 1.85 bits per heavy atom. The molecule has 4 atom stereocenters. The molecule has 210 valence electrons. The van der Waals surface area contributed by atoms with Crippen LogP contribution in [0.2, 0.25) is 0 Å². The topological polar surface area (TPSA) is 178 Å². The fraction of sp³-hybridized carbons (Fsp3) is 0.481. The second-order valence-electron chi connectivity index (χ2n) is 10.1. The lowest BCUT2D eigenvalue weighted by Crippen LogP contribution is -2.58. The Balaban J connectivity index is 1.75. The maximum Gasteiger partial charge on any atom is 0.305 e. The van der Waals surface area contributed by atoms with Crippen LogP contribution in [0, 0.1) is 5.92 Å². The van der Waals surface area contributed by atoms with Crippen LogP contribution >= 0.6 is 0 Å². The second kappa shape index (κ2) is 13.0. The minimum Gasteiger partial charge on any atom is -0.481 e. The van der Waals surface area contributed by atoms with Crippen LogP contribution in [0.25, 0.3) is 10.9 Å². The van der Waals surface area contributed by atoms with Gasteiger partial charge in [0.25, 0.3) is 0 Å². The van der Waals surface area contributed by atoms with Crippen molar-refractivity contribution in [2.45, 2.75) is 70.6 Å². The van der Waals surface area contributed by atoms with Crippen LogP contribution in [-0.4, -0.2) is 81.6 Å². The molecule has 0 bridgehead atoms. The Morgan fingerprint density at radius 3 is 2.49 bits per heavy atom. The third-order valence-corrected chi connectivity index (χ3v) is 6.75. The number of benzene rings is 1. The van der Waals surface area contributed by atoms with E-state index in [-0.39, 0.29) is 18.9 Å². The zero-order valence-electron chi connectivity index (χ0n) is 22.2. The van der Waals surface area contributed by atoms with Crippen molar-refractivity contribution >= 4 is 46.8 Å². The molecular weight excluding hydrogens is 506 g/mol. The van der Waals surface area contributed by atoms with E-state index in [9.17, 15) is 28.8 Å². The van der Waals surface area contributed by atoms with Crippen LogP contribution in [0.15, 0.2) is 30.5 Å². The molecule has 1 saturated heterocycles. The quantitative estimate of drug-likeness (QED) is 0.243. The van der Waals surface area contributed by atoms with Crippen molar-refractivity contribution in [1.29, 1.82) is 0 Å². The summed E-state index contributed by atoms with van der Waals surface area (Å²) in [7, 11) is 0. The van der Waals surface area contributed by atoms with Crippen LogP contribution in [-0.2, 0) is 35.2 Å². The van der Waals surface area contributed by atoms with Gasteiger partial charge >= 0.3 is 5.97 Å². The van der Waals surface area contributed by atoms with Crippen LogP contribution in [0.1, 0.15) is 45.6 Å². The van der Waals surface area contributed by atoms with E-state index in [0.717, 1.165) is 16.5 Å². The van der Waals surface area contributed by atoms with E-state index < -0.39 is 60.2 Å². The number of carbonyl (C=O) groups is 6. The summed E-state index contributed by atoms with van der Waals surface area (Å²) in [6, 6.07) is 3.54. The highest BCUT2D eigenvalue weighted by Gasteiger charge is 2.40. The molecule has 2 heterocycles. The number of likely N-dealkylation sites (tertiary alicyclic amines) is 1. The standard InChI is InChI=1S/C27H35N5O7/c1-15(2)24(27(39)32-10-6-9-22(32)26(38)30-18(14-33)12-23(35)36)31-25(37)21(29-16(3)34)11-17-13-28-20-8-5-4-7-19(17)20/h4-5,7-8,13-15,18,21-22,24,28H,6,9-12H2,1-3H3,(H,29,34)(H,30,38)(H,31,37)(H,35,36). The molecule has 4 amide bonds. The van der Waals surface area contributed by atoms with Gasteiger partial charge in [0, 0.05) is 37.0 Å². The van der Waals surface area contributed by atoms with Gasteiger partial charge in [-0.1, -0.05) is 32.0 Å². The van der Waals surface area contributed by atoms with Crippen molar-refractivity contribution in [3.63, 3.8) is 0 Å². The number of aromatic amines is 1. The Morgan fingerprint density at radius 1 is 1.13 bits per heavy atom. The van der Waals surface area contributed by atoms with Gasteiger partial charge < -0.3 is 35.7 Å². The smallest absolute Gasteiger partial charge is 0.305 e. The Hall–Kier alpha value is -4.22. The number of hydrogen-bond acceptors (Lipinski definition) is 6. The molecule has 0 spiro atoms. The molecule has 0 saturated carbocycles. The predicted octanol–water partition coefficient (Wildman–Crippen LogP) is 0.505. The fourth-order valence-electron chi connectivity index (χ4n) is 4.82. The molecule has 0 radical (unpaired) electrons. The number of aldehydes is 1. The number of aliphatic carboxylic acids is 1. The molecule has 12 nitrogen and oxygen atoms in total. The molecule has 4 unspecified atom stereocenters. The molecule has 39 heavy (non-hydrogen) atoms. The lowest BCUT2D eigenvalue weighted by molar-refractivity contribution is -0.143. The molecule has 1 fully saturated rings. The maximum absolute atomic E-state index is 13.6. The summed E-state index contributed by atoms with van der Waals surface area (Å²) in [6.07, 6.45) is 2.62. The average molecular weight is 542 g/mol. The van der Waals surface area contributed by atoms with E-state index in [0.29, 0.717) is 19.1 Å². The minimum atomic E-state index is -1.24. The van der Waals surface area contributed by atoms with Crippen molar-refractivity contribution in [3.05, 3.63) is 36.0 Å². The number of hydrogen-bond donors (Lipinski definition) is 5. The van der Waals surface area contributed by atoms with Crippen molar-refractivity contribution in [2.75, 3.05) is 6.54 Å². The molecule has 1 aromatic carbocycles. The third-order valence-electron chi connectivity index (χ3n) is 6.75. The summed E-state index contributed by atoms with van der Waals surface area (Å²) in [5.74, 6) is -3.61. The molecule has 5 N–H and O–H groups in total. The largest absolute Gasteiger partial charge is 0.481 e. The van der Waals surface area contributed by atoms with Gasteiger partial charge in [-0.2, -0.15) is 0 Å². The number of H-pyrrole nitrogens is 1. The zero-order chi connectivity index (χ0) is 28.7. The Bertz CT molecular complexity index is 1240. The minimum absolute atomic E-state index is 0.194. The molecule has 1 aliphatic heterocycles. The first-order valence-electron chi connectivity index (χ1n) is 12.9. The number of para-hydroxylation sites is 1.